The molecule has 1 aromatic heterocycles. The normalized spacial score (nSPS) is 22.4. The van der Waals surface area contributed by atoms with Gasteiger partial charge in [0.2, 0.25) is 11.8 Å². The highest BCUT2D eigenvalue weighted by atomic mass is 16.6. The van der Waals surface area contributed by atoms with E-state index in [4.69, 9.17) is 15.2 Å². The molecule has 0 aliphatic carbocycles. The van der Waals surface area contributed by atoms with Crippen LogP contribution >= 0.6 is 0 Å². The molecule has 2 fully saturated rings. The number of para-hydroxylation sites is 2. The second-order valence-corrected chi connectivity index (χ2v) is 16.8. The lowest BCUT2D eigenvalue weighted by Gasteiger charge is -2.46. The molecule has 4 N–H and O–H groups in total. The van der Waals surface area contributed by atoms with E-state index in [1.54, 1.807) is 47.1 Å². The van der Waals surface area contributed by atoms with Crippen molar-refractivity contribution >= 4 is 40.5 Å². The fourth-order valence-corrected chi connectivity index (χ4v) is 10.3. The van der Waals surface area contributed by atoms with Crippen molar-refractivity contribution in [3.63, 3.8) is 0 Å². The van der Waals surface area contributed by atoms with Crippen LogP contribution in [0.25, 0.3) is 11.0 Å². The van der Waals surface area contributed by atoms with E-state index in [-0.39, 0.29) is 36.8 Å². The van der Waals surface area contributed by atoms with Crippen molar-refractivity contribution in [1.29, 1.82) is 0 Å². The van der Waals surface area contributed by atoms with E-state index in [0.29, 0.717) is 22.2 Å². The molecule has 10 rings (SSSR count). The molecule has 0 unspecified atom stereocenters. The number of hydrogen-bond donors (Lipinski definition) is 3. The van der Waals surface area contributed by atoms with Crippen LogP contribution in [0.4, 0.5) is 10.5 Å². The topological polar surface area (TPSA) is 182 Å². The number of esters is 1. The van der Waals surface area contributed by atoms with Gasteiger partial charge in [-0.25, -0.2) is 14.4 Å². The molecule has 6 aromatic carbocycles. The maximum Gasteiger partial charge on any atom is 0.329 e. The molecule has 0 bridgehead atoms. The second kappa shape index (κ2) is 17.7. The molecular weight excluding hydrogens is 847 g/mol. The summed E-state index contributed by atoms with van der Waals surface area (Å²) in [5.41, 5.74) is 9.51. The average Bonchev–Trinajstić information content (AvgIpc) is 4.00. The first-order valence-corrected chi connectivity index (χ1v) is 22.0. The van der Waals surface area contributed by atoms with E-state index >= 15 is 9.59 Å². The van der Waals surface area contributed by atoms with Crippen molar-refractivity contribution in [1.82, 2.24) is 25.2 Å². The summed E-state index contributed by atoms with van der Waals surface area (Å²) in [6.45, 7) is 1.56. The highest BCUT2D eigenvalue weighted by Gasteiger charge is 2.75. The van der Waals surface area contributed by atoms with Crippen molar-refractivity contribution in [3.8, 4) is 17.6 Å². The second-order valence-electron chi connectivity index (χ2n) is 16.8. The van der Waals surface area contributed by atoms with Crippen LogP contribution in [0.5, 0.6) is 5.75 Å². The summed E-state index contributed by atoms with van der Waals surface area (Å²) in [7, 11) is 0. The molecule has 0 radical (unpaired) electrons. The Labute approximate surface area is 385 Å². The van der Waals surface area contributed by atoms with Gasteiger partial charge in [-0.15, -0.1) is 5.10 Å². The Balaban J connectivity index is 1.23. The Kier molecular flexibility index (Phi) is 11.3. The fraction of sp³-hybridized carbons (Fsp3) is 0.208. The lowest BCUT2D eigenvalue weighted by Crippen LogP contribution is -2.55. The van der Waals surface area contributed by atoms with Gasteiger partial charge in [-0.05, 0) is 65.6 Å². The van der Waals surface area contributed by atoms with Gasteiger partial charge in [-0.3, -0.25) is 19.3 Å². The lowest BCUT2D eigenvalue weighted by molar-refractivity contribution is -0.178. The molecule has 67 heavy (non-hydrogen) atoms. The molecule has 4 amide bonds. The molecule has 7 aromatic rings. The number of imide groups is 1. The number of ether oxygens (including phenoxy) is 2. The number of carbonyl (C=O) groups excluding carboxylic acids is 4. The van der Waals surface area contributed by atoms with Gasteiger partial charge in [0.1, 0.15) is 42.0 Å². The van der Waals surface area contributed by atoms with E-state index in [1.165, 1.54) is 0 Å². The van der Waals surface area contributed by atoms with Crippen molar-refractivity contribution in [3.05, 3.63) is 191 Å². The summed E-state index contributed by atoms with van der Waals surface area (Å²) < 4.78 is 14.4. The number of hydrogen-bond acceptors (Lipinski definition) is 10. The van der Waals surface area contributed by atoms with Crippen LogP contribution in [0.15, 0.2) is 158 Å². The van der Waals surface area contributed by atoms with E-state index in [1.807, 2.05) is 127 Å². The summed E-state index contributed by atoms with van der Waals surface area (Å²) in [4.78, 5) is 64.0. The minimum atomic E-state index is -2.09. The van der Waals surface area contributed by atoms with E-state index in [0.717, 1.165) is 21.5 Å². The number of nitrogens with zero attached hydrogens (tertiary/aromatic N) is 5. The molecule has 334 valence electrons. The number of rotatable bonds is 10. The van der Waals surface area contributed by atoms with Gasteiger partial charge in [-0.2, -0.15) is 0 Å². The van der Waals surface area contributed by atoms with Crippen LogP contribution in [-0.2, 0) is 31.1 Å². The molecule has 4 heterocycles. The van der Waals surface area contributed by atoms with Crippen LogP contribution in [0.2, 0.25) is 0 Å². The van der Waals surface area contributed by atoms with Gasteiger partial charge in [-0.1, -0.05) is 138 Å². The number of aromatic nitrogens is 3. The number of carbonyl (C=O) groups is 4. The Morgan fingerprint density at radius 2 is 1.52 bits per heavy atom. The molecule has 7 atom stereocenters. The smallest absolute Gasteiger partial charge is 0.329 e. The van der Waals surface area contributed by atoms with Crippen LogP contribution in [0, 0.1) is 17.8 Å². The third-order valence-corrected chi connectivity index (χ3v) is 13.1. The molecule has 1 spiro atoms. The maximum absolute atomic E-state index is 16.4. The number of nitrogens with two attached hydrogens (primary N) is 1. The van der Waals surface area contributed by atoms with Crippen LogP contribution < -0.4 is 20.7 Å². The number of amides is 4. The zero-order chi connectivity index (χ0) is 46.2. The van der Waals surface area contributed by atoms with Crippen molar-refractivity contribution < 1.29 is 33.8 Å². The molecule has 14 heteroatoms. The minimum Gasteiger partial charge on any atom is -0.491 e. The predicted molar refractivity (Wildman–Crippen MR) is 248 cm³/mol. The van der Waals surface area contributed by atoms with Gasteiger partial charge in [0.15, 0.2) is 0 Å². The average molecular weight is 892 g/mol. The number of fused-ring (bicyclic) bond motifs is 4. The largest absolute Gasteiger partial charge is 0.491 e. The number of aliphatic hydroxyl groups is 1. The van der Waals surface area contributed by atoms with Gasteiger partial charge in [0, 0.05) is 11.1 Å². The Morgan fingerprint density at radius 3 is 2.25 bits per heavy atom. The number of urea groups is 1. The number of morpholine rings is 1. The fourth-order valence-electron chi connectivity index (χ4n) is 10.3. The molecule has 14 nitrogen and oxygen atoms in total. The van der Waals surface area contributed by atoms with Gasteiger partial charge in [0.25, 0.3) is 0 Å². The maximum atomic E-state index is 16.4. The SMILES string of the molecule is C[C@@H](NC(=O)N1C(=O)[C@@]2(c3cc(C#CCn4nnc5ccccc54)ccc31)[C@H](c1ccccc1OCCO)N1[C@H](c3ccccc3)[C@H](c3ccccc3)OC(=O)[C@H]1[C@@H]2C(N)=O)c1ccccc1. The van der Waals surface area contributed by atoms with Crippen LogP contribution in [-0.4, -0.2) is 68.1 Å². The van der Waals surface area contributed by atoms with Crippen molar-refractivity contribution in [2.45, 2.75) is 49.2 Å². The number of nitrogens with one attached hydrogen (secondary N) is 1. The minimum absolute atomic E-state index is 0.104. The number of cyclic esters (lactones) is 1. The monoisotopic (exact) mass is 891 g/mol. The Morgan fingerprint density at radius 1 is 0.851 bits per heavy atom. The van der Waals surface area contributed by atoms with Crippen LogP contribution in [0.3, 0.4) is 0 Å². The zero-order valence-electron chi connectivity index (χ0n) is 36.3. The number of aliphatic hydroxyl groups excluding tert-OH is 1. The van der Waals surface area contributed by atoms with E-state index < -0.39 is 65.4 Å². The third-order valence-electron chi connectivity index (χ3n) is 13.1. The Bertz CT molecular complexity index is 3080. The van der Waals surface area contributed by atoms with E-state index in [2.05, 4.69) is 27.5 Å². The summed E-state index contributed by atoms with van der Waals surface area (Å²) in [5.74, 6) is 2.58. The molecule has 3 aliphatic rings. The zero-order valence-corrected chi connectivity index (χ0v) is 36.3. The summed E-state index contributed by atoms with van der Waals surface area (Å²) in [6, 6.07) is 42.9. The summed E-state index contributed by atoms with van der Waals surface area (Å²) in [5, 5.41) is 21.6. The number of primary amides is 1. The quantitative estimate of drug-likeness (QED) is 0.102. The first kappa shape index (κ1) is 42.8. The molecule has 0 saturated carbocycles. The van der Waals surface area contributed by atoms with Crippen molar-refractivity contribution in [2.75, 3.05) is 18.1 Å². The third kappa shape index (κ3) is 7.25. The highest BCUT2D eigenvalue weighted by molar-refractivity contribution is 6.24. The van der Waals surface area contributed by atoms with Gasteiger partial charge in [0.05, 0.1) is 41.9 Å². The number of benzene rings is 6. The first-order valence-electron chi connectivity index (χ1n) is 22.0. The van der Waals surface area contributed by atoms with Crippen LogP contribution in [0.1, 0.15) is 64.5 Å². The lowest BCUT2D eigenvalue weighted by atomic mass is 9.65. The first-order chi connectivity index (χ1) is 32.7. The molecule has 2 saturated heterocycles. The predicted octanol–water partition coefficient (Wildman–Crippen LogP) is 6.48. The highest BCUT2D eigenvalue weighted by Crippen LogP contribution is 2.66. The summed E-state index contributed by atoms with van der Waals surface area (Å²) in [6.07, 6.45) is -0.934. The standard InChI is InChI=1S/C53H45N7O7/c1-33(35-17-5-2-6-18-35)55-52(65)59-41-28-27-34(16-15-29-58-42-25-13-12-24-40(42)56-57-58)32-39(41)53(51(59)64)44(49(54)62)46-50(63)67-47(37-21-9-4-10-22-37)45(36-19-7-3-8-20-36)60(46)48(53)38-23-11-14-26-43(38)66-31-30-61/h2-14,17-28,32-33,44-48,61H,29-31H2,1H3,(H2,54,62)(H,55,65)/t33-,44-,45-,46-,47+,48+,53-/m1/s1. The van der Waals surface area contributed by atoms with Gasteiger partial charge < -0.3 is 25.6 Å². The van der Waals surface area contributed by atoms with E-state index in [9.17, 15) is 14.7 Å². The van der Waals surface area contributed by atoms with Crippen molar-refractivity contribution in [2.24, 2.45) is 11.7 Å². The molecule has 3 aliphatic heterocycles. The molecular formula is C53H45N7O7. The number of anilines is 1. The summed E-state index contributed by atoms with van der Waals surface area (Å²) >= 11 is 0. The van der Waals surface area contributed by atoms with Gasteiger partial charge >= 0.3 is 12.0 Å². The Hall–Kier alpha value is -8.12.